The number of hydrogen-bond donors (Lipinski definition) is 0. The van der Waals surface area contributed by atoms with Crippen molar-refractivity contribution in [3.05, 3.63) is 192 Å². The number of esters is 3. The number of terminal acetylenes is 2. The molecule has 1 heterocycles. The van der Waals surface area contributed by atoms with Gasteiger partial charge in [0.05, 0.1) is 55.5 Å². The van der Waals surface area contributed by atoms with Gasteiger partial charge in [0.2, 0.25) is 35.4 Å². The molecule has 19 heteroatoms. The molecule has 694 valence electrons. The Bertz CT molecular complexity index is 7100. The van der Waals surface area contributed by atoms with E-state index in [4.69, 9.17) is 27.1 Å². The maximum Gasteiger partial charge on any atom is 0.324 e. The summed E-state index contributed by atoms with van der Waals surface area (Å²) in [7, 11) is 0. The molecule has 3 aliphatic carbocycles. The van der Waals surface area contributed by atoms with Crippen LogP contribution in [0.5, 0.6) is 0 Å². The van der Waals surface area contributed by atoms with E-state index in [-0.39, 0.29) is 64.5 Å². The van der Waals surface area contributed by atoms with Gasteiger partial charge in [-0.15, -0.1) is 12.8 Å². The fourth-order valence-corrected chi connectivity index (χ4v) is 15.7. The van der Waals surface area contributed by atoms with Crippen molar-refractivity contribution in [1.82, 2.24) is 29.4 Å². The van der Waals surface area contributed by atoms with Crippen LogP contribution in [0.4, 0.5) is 0 Å². The van der Waals surface area contributed by atoms with E-state index in [0.717, 1.165) is 0 Å². The van der Waals surface area contributed by atoms with E-state index in [1.165, 1.54) is 49.5 Å². The minimum Gasteiger partial charge on any atom is -0.452 e. The van der Waals surface area contributed by atoms with Crippen LogP contribution in [-0.2, 0) is 121 Å². The highest BCUT2D eigenvalue weighted by Crippen LogP contribution is 2.38. The highest BCUT2D eigenvalue weighted by Gasteiger charge is 2.43. The van der Waals surface area contributed by atoms with Crippen molar-refractivity contribution in [2.24, 2.45) is 0 Å². The van der Waals surface area contributed by atoms with Crippen molar-refractivity contribution >= 4 is 59.1 Å². The summed E-state index contributed by atoms with van der Waals surface area (Å²) in [6.45, 7) is 34.7. The Morgan fingerprint density at radius 3 is 0.683 bits per heavy atom. The first kappa shape index (κ1) is 111. The van der Waals surface area contributed by atoms with Crippen LogP contribution in [0.15, 0.2) is 125 Å². The predicted octanol–water partition coefficient (Wildman–Crippen LogP) is 10.3. The second-order valence-electron chi connectivity index (χ2n) is 30.8. The molecular weight excluding hydrogens is 1770 g/mol. The van der Waals surface area contributed by atoms with Gasteiger partial charge in [0, 0.05) is 128 Å². The number of carbonyl (C=O) groups excluding carboxylic acids is 10. The van der Waals surface area contributed by atoms with Gasteiger partial charge in [-0.1, -0.05) is 127 Å². The molecule has 0 aromatic heterocycles. The summed E-state index contributed by atoms with van der Waals surface area (Å²) in [5.74, 6) is 105. The Morgan fingerprint density at radius 1 is 0.296 bits per heavy atom. The van der Waals surface area contributed by atoms with Crippen LogP contribution in [0.2, 0.25) is 0 Å². The third-order valence-corrected chi connectivity index (χ3v) is 22.1. The zero-order chi connectivity index (χ0) is 103. The quantitative estimate of drug-likeness (QED) is 0.0636. The molecule has 6 amide bonds. The Labute approximate surface area is 836 Å². The van der Waals surface area contributed by atoms with Gasteiger partial charge in [0.15, 0.2) is 12.4 Å². The Balaban J connectivity index is 0.00000601. The van der Waals surface area contributed by atoms with Crippen molar-refractivity contribution in [2.75, 3.05) is 6.61 Å². The van der Waals surface area contributed by atoms with Crippen LogP contribution < -0.4 is 0 Å². The molecule has 3 saturated carbocycles. The number of fused-ring (bicyclic) bond motifs is 9. The van der Waals surface area contributed by atoms with E-state index < -0.39 is 96.0 Å². The molecule has 0 N–H and O–H groups in total. The SMILES string of the molecule is C#CC#CC#CC#CC#CC#CC#CC#CC#COC(=O)Cc1cc2c(C)c(c1)CN(C(=O)C=C)C1CCCCC1N(C(=O)C=C)Cc1cc(CC(=O)OCC#CC#CC#CC#CC#CC#CC#CC)cc(c1C)CN(C(=O)C=C)C1CCCCC1N(C(=O)C=C)Cc1cc(CC(=O)OC#CC#CC#CC#CC#CC#CC#CC#C)cc(c1C)CN(C(=O)C=C)C1CCCCC1N(C(=O)C=C)C2.C=CC(C)=O. The average molecular weight is 1860 g/mol. The molecule has 3 aromatic rings. The van der Waals surface area contributed by atoms with Gasteiger partial charge in [-0.3, -0.25) is 47.9 Å². The number of amides is 6. The van der Waals surface area contributed by atoms with Gasteiger partial charge in [-0.2, -0.15) is 0 Å². The molecule has 7 rings (SSSR count). The summed E-state index contributed by atoms with van der Waals surface area (Å²) in [6.07, 6.45) is 28.3. The lowest BCUT2D eigenvalue weighted by Crippen LogP contribution is -2.56. The topological polar surface area (TPSA) is 218 Å². The van der Waals surface area contributed by atoms with Crippen molar-refractivity contribution in [2.45, 2.75) is 206 Å². The number of hydrogen-bond acceptors (Lipinski definition) is 13. The zero-order valence-corrected chi connectivity index (χ0v) is 79.6. The average Bonchev–Trinajstić information content (AvgIpc) is 0.815. The normalized spacial score (nSPS) is 14.8. The number of benzene rings is 3. The van der Waals surface area contributed by atoms with Gasteiger partial charge in [0.25, 0.3) is 0 Å². The van der Waals surface area contributed by atoms with Gasteiger partial charge in [-0.05, 0) is 348 Å². The van der Waals surface area contributed by atoms with Crippen molar-refractivity contribution in [3.8, 4) is 286 Å². The van der Waals surface area contributed by atoms with Crippen LogP contribution in [0.1, 0.15) is 158 Å². The van der Waals surface area contributed by atoms with E-state index in [2.05, 4.69) is 319 Å². The van der Waals surface area contributed by atoms with Crippen LogP contribution >= 0.6 is 0 Å². The van der Waals surface area contributed by atoms with Crippen LogP contribution in [0, 0.1) is 306 Å². The molecule has 4 aliphatic rings. The second-order valence-corrected chi connectivity index (χ2v) is 30.8. The largest absolute Gasteiger partial charge is 0.452 e. The number of rotatable bonds is 14. The molecule has 3 aromatic carbocycles. The van der Waals surface area contributed by atoms with Crippen LogP contribution in [0.3, 0.4) is 0 Å². The third-order valence-electron chi connectivity index (χ3n) is 22.1. The summed E-state index contributed by atoms with van der Waals surface area (Å²) in [6, 6.07) is 6.33. The number of nitrogens with zero attached hydrogens (tertiary/aromatic N) is 6. The maximum atomic E-state index is 15.2. The molecular formula is C123H94N6O13. The highest BCUT2D eigenvalue weighted by atomic mass is 16.5. The molecule has 6 unspecified atom stereocenters. The lowest BCUT2D eigenvalue weighted by molar-refractivity contribution is -0.141. The molecule has 19 nitrogen and oxygen atoms in total. The van der Waals surface area contributed by atoms with E-state index in [1.54, 1.807) is 72.7 Å². The molecule has 3 fully saturated rings. The highest BCUT2D eigenvalue weighted by molar-refractivity contribution is 5.92. The first-order valence-corrected chi connectivity index (χ1v) is 44.4. The maximum absolute atomic E-state index is 15.2. The lowest BCUT2D eigenvalue weighted by Gasteiger charge is -2.45. The fraction of sp³-hybridized carbons (Fsp3) is 0.268. The summed E-state index contributed by atoms with van der Waals surface area (Å²) in [5, 5.41) is 0. The van der Waals surface area contributed by atoms with Gasteiger partial charge < -0.3 is 43.6 Å². The Morgan fingerprint density at radius 2 is 0.486 bits per heavy atom. The fourth-order valence-electron chi connectivity index (χ4n) is 15.7. The Hall–Kier alpha value is -19.8. The van der Waals surface area contributed by atoms with Gasteiger partial charge in [0.1, 0.15) is 12.2 Å². The first-order valence-electron chi connectivity index (χ1n) is 44.4. The van der Waals surface area contributed by atoms with Crippen LogP contribution in [-0.4, -0.2) is 131 Å². The predicted molar refractivity (Wildman–Crippen MR) is 546 cm³/mol. The van der Waals surface area contributed by atoms with E-state index in [0.29, 0.717) is 144 Å². The van der Waals surface area contributed by atoms with E-state index in [1.807, 2.05) is 20.8 Å². The molecule has 1 aliphatic heterocycles. The third kappa shape index (κ3) is 37.9. The van der Waals surface area contributed by atoms with E-state index >= 15 is 28.8 Å². The molecule has 0 saturated heterocycles. The summed E-state index contributed by atoms with van der Waals surface area (Å²) in [4.78, 5) is 153. The first-order chi connectivity index (χ1) is 68.9. The number of ether oxygens (including phenoxy) is 3. The molecule has 0 spiro atoms. The van der Waals surface area contributed by atoms with Gasteiger partial charge >= 0.3 is 17.9 Å². The summed E-state index contributed by atoms with van der Waals surface area (Å²) < 4.78 is 16.6. The Kier molecular flexibility index (Phi) is 49.5. The summed E-state index contributed by atoms with van der Waals surface area (Å²) >= 11 is 0. The number of carbonyl (C=O) groups is 10. The second kappa shape index (κ2) is 63.4. The molecule has 142 heavy (non-hydrogen) atoms. The monoisotopic (exact) mass is 1860 g/mol. The molecule has 6 atom stereocenters. The van der Waals surface area contributed by atoms with Crippen molar-refractivity contribution in [3.63, 3.8) is 0 Å². The molecule has 6 bridgehead atoms. The lowest BCUT2D eigenvalue weighted by atomic mass is 9.85. The standard InChI is InChI=1S/C119H88N6O12.C4H6O/c1-13-22-25-28-31-34-37-40-43-44-47-50-53-56-59-68-77-137-119(134)86-98-82-103-91-124(115(130)20-8)109-73-64-62-71-107(109)122(113(128)18-6)89-101-80-96(84-117(132)135-75-66-57-54-51-48-45-41-38-35-32-29-26-23-14-2)78-99(93(101)10)87-120(111(126)16-4)105-69-60-61-70-106(105)121(112(127)17-5)88-100-79-97(85-118(133)136-76-67-58-55-52-49-46-42-39-36-33-30-27-24-15-3)81-102(94(100)11)90-123(114(129)19-7)108-72-63-65-74-110(108)125(116(131)21-9)92-104(83-98)95(103)12;1-3-4(2)5/h1-2,16-21,78-83,105-110H,4-9,60-65,69-74,76,84-92H2,3,10-12H3;3H,1H2,2H3. The number of ketones is 1. The number of allylic oxidation sites excluding steroid dienone is 1. The van der Waals surface area contributed by atoms with Crippen molar-refractivity contribution in [1.29, 1.82) is 0 Å². The van der Waals surface area contributed by atoms with Crippen molar-refractivity contribution < 1.29 is 62.2 Å². The minimum absolute atomic E-state index is 0.0185. The zero-order valence-electron chi connectivity index (χ0n) is 79.6. The summed E-state index contributed by atoms with van der Waals surface area (Å²) in [5.41, 5.74) is 6.32. The molecule has 0 radical (unpaired) electrons. The smallest absolute Gasteiger partial charge is 0.324 e. The van der Waals surface area contributed by atoms with Crippen LogP contribution in [0.25, 0.3) is 0 Å². The van der Waals surface area contributed by atoms with Gasteiger partial charge in [-0.25, -0.2) is 0 Å². The van der Waals surface area contributed by atoms with E-state index in [9.17, 15) is 19.2 Å². The minimum atomic E-state index is -0.802.